The van der Waals surface area contributed by atoms with E-state index in [1.807, 2.05) is 0 Å². The van der Waals surface area contributed by atoms with Crippen molar-refractivity contribution in [1.29, 1.82) is 5.26 Å². The minimum absolute atomic E-state index is 0.217. The van der Waals surface area contributed by atoms with E-state index < -0.39 is 0 Å². The first-order chi connectivity index (χ1) is 12.7. The number of hydrogen-bond donors (Lipinski definition) is 2. The van der Waals surface area contributed by atoms with Crippen LogP contribution >= 0.6 is 0 Å². The van der Waals surface area contributed by atoms with Crippen LogP contribution in [0.3, 0.4) is 0 Å². The fraction of sp³-hybridized carbons (Fsp3) is 0.333. The molecule has 26 heavy (non-hydrogen) atoms. The van der Waals surface area contributed by atoms with Crippen LogP contribution in [0.5, 0.6) is 0 Å². The normalized spacial score (nSPS) is 14.8. The van der Waals surface area contributed by atoms with Crippen LogP contribution in [0.25, 0.3) is 0 Å². The third-order valence-corrected chi connectivity index (χ3v) is 4.92. The van der Waals surface area contributed by atoms with E-state index in [-0.39, 0.29) is 6.03 Å². The molecule has 0 unspecified atom stereocenters. The molecule has 0 fully saturated rings. The number of hydrogen-bond acceptors (Lipinski definition) is 3. The minimum Gasteiger partial charge on any atom is -0.336 e. The zero-order valence-electron chi connectivity index (χ0n) is 15.0. The summed E-state index contributed by atoms with van der Waals surface area (Å²) in [6, 6.07) is 17.6. The Kier molecular flexibility index (Phi) is 5.88. The molecule has 2 N–H and O–H groups in total. The maximum atomic E-state index is 12.2. The van der Waals surface area contributed by atoms with Gasteiger partial charge in [-0.05, 0) is 48.2 Å². The van der Waals surface area contributed by atoms with Crippen molar-refractivity contribution in [2.24, 2.45) is 0 Å². The monoisotopic (exact) mass is 348 g/mol. The van der Waals surface area contributed by atoms with Crippen molar-refractivity contribution in [1.82, 2.24) is 10.2 Å². The number of fused-ring (bicyclic) bond motifs is 1. The topological polar surface area (TPSA) is 68.2 Å². The second-order valence-electron chi connectivity index (χ2n) is 6.58. The molecule has 2 aromatic rings. The Morgan fingerprint density at radius 3 is 2.62 bits per heavy atom. The van der Waals surface area contributed by atoms with Gasteiger partial charge in [0.2, 0.25) is 0 Å². The zero-order chi connectivity index (χ0) is 18.4. The second kappa shape index (κ2) is 8.50. The molecule has 0 aromatic heterocycles. The van der Waals surface area contributed by atoms with E-state index in [1.165, 1.54) is 11.1 Å². The van der Waals surface area contributed by atoms with Gasteiger partial charge in [0.1, 0.15) is 0 Å². The fourth-order valence-electron chi connectivity index (χ4n) is 3.37. The third-order valence-electron chi connectivity index (χ3n) is 4.92. The molecule has 1 atom stereocenters. The zero-order valence-corrected chi connectivity index (χ0v) is 15.0. The molecule has 1 heterocycles. The molecule has 2 aromatic carbocycles. The highest BCUT2D eigenvalue weighted by Gasteiger charge is 2.22. The summed E-state index contributed by atoms with van der Waals surface area (Å²) in [4.78, 5) is 14.6. The first kappa shape index (κ1) is 18.0. The number of carbonyl (C=O) groups is 1. The molecule has 0 spiro atoms. The summed E-state index contributed by atoms with van der Waals surface area (Å²) in [5.74, 6) is 0. The summed E-state index contributed by atoms with van der Waals surface area (Å²) >= 11 is 0. The number of urea groups is 1. The molecular formula is C21H24N4O. The standard InChI is InChI=1S/C21H24N4O/c1-2-20(25-12-11-17-5-3-4-6-18(17)15-25)14-23-21(26)24-19-9-7-16(13-22)8-10-19/h3-10,20H,2,11-12,14-15H2,1H3,(H2,23,24,26)/t20-/m0/s1. The molecule has 134 valence electrons. The SMILES string of the molecule is CC[C@@H](CNC(=O)Nc1ccc(C#N)cc1)N1CCc2ccccc2C1. The van der Waals surface area contributed by atoms with Crippen molar-refractivity contribution in [3.8, 4) is 6.07 Å². The summed E-state index contributed by atoms with van der Waals surface area (Å²) in [5.41, 5.74) is 4.08. The molecule has 0 bridgehead atoms. The van der Waals surface area contributed by atoms with E-state index in [0.29, 0.717) is 23.8 Å². The summed E-state index contributed by atoms with van der Waals surface area (Å²) < 4.78 is 0. The van der Waals surface area contributed by atoms with Crippen LogP contribution in [0, 0.1) is 11.3 Å². The van der Waals surface area contributed by atoms with Gasteiger partial charge in [-0.15, -0.1) is 0 Å². The highest BCUT2D eigenvalue weighted by Crippen LogP contribution is 2.21. The van der Waals surface area contributed by atoms with Gasteiger partial charge in [-0.3, -0.25) is 4.90 Å². The van der Waals surface area contributed by atoms with Gasteiger partial charge in [-0.1, -0.05) is 31.2 Å². The smallest absolute Gasteiger partial charge is 0.319 e. The summed E-state index contributed by atoms with van der Waals surface area (Å²) in [6.45, 7) is 4.73. The van der Waals surface area contributed by atoms with Gasteiger partial charge in [0, 0.05) is 31.4 Å². The van der Waals surface area contributed by atoms with E-state index >= 15 is 0 Å². The van der Waals surface area contributed by atoms with Crippen molar-refractivity contribution >= 4 is 11.7 Å². The van der Waals surface area contributed by atoms with Crippen molar-refractivity contribution in [3.05, 3.63) is 65.2 Å². The molecule has 0 saturated carbocycles. The Hall–Kier alpha value is -2.84. The highest BCUT2D eigenvalue weighted by molar-refractivity contribution is 5.89. The number of amides is 2. The lowest BCUT2D eigenvalue weighted by atomic mass is 9.98. The van der Waals surface area contributed by atoms with Gasteiger partial charge < -0.3 is 10.6 Å². The molecule has 0 aliphatic carbocycles. The van der Waals surface area contributed by atoms with E-state index in [4.69, 9.17) is 5.26 Å². The molecule has 3 rings (SSSR count). The Morgan fingerprint density at radius 1 is 1.19 bits per heavy atom. The van der Waals surface area contributed by atoms with Gasteiger partial charge in [0.15, 0.2) is 0 Å². The maximum Gasteiger partial charge on any atom is 0.319 e. The van der Waals surface area contributed by atoms with E-state index in [1.54, 1.807) is 24.3 Å². The number of anilines is 1. The number of benzene rings is 2. The Bertz CT molecular complexity index is 794. The maximum absolute atomic E-state index is 12.2. The molecule has 2 amide bonds. The van der Waals surface area contributed by atoms with Crippen molar-refractivity contribution < 1.29 is 4.79 Å². The van der Waals surface area contributed by atoms with Crippen molar-refractivity contribution in [3.63, 3.8) is 0 Å². The van der Waals surface area contributed by atoms with E-state index in [2.05, 4.69) is 52.8 Å². The lowest BCUT2D eigenvalue weighted by Gasteiger charge is -2.35. The summed E-state index contributed by atoms with van der Waals surface area (Å²) in [7, 11) is 0. The quantitative estimate of drug-likeness (QED) is 0.869. The number of nitriles is 1. The van der Waals surface area contributed by atoms with Gasteiger partial charge in [0.25, 0.3) is 0 Å². The van der Waals surface area contributed by atoms with Crippen LogP contribution in [0.15, 0.2) is 48.5 Å². The van der Waals surface area contributed by atoms with Crippen molar-refractivity contribution in [2.45, 2.75) is 32.4 Å². The first-order valence-corrected chi connectivity index (χ1v) is 9.05. The molecule has 1 aliphatic rings. The van der Waals surface area contributed by atoms with Crippen LogP contribution in [-0.2, 0) is 13.0 Å². The number of nitrogens with one attached hydrogen (secondary N) is 2. The molecule has 0 radical (unpaired) electrons. The van der Waals surface area contributed by atoms with E-state index in [9.17, 15) is 4.79 Å². The molecule has 5 nitrogen and oxygen atoms in total. The predicted molar refractivity (Wildman–Crippen MR) is 103 cm³/mol. The molecular weight excluding hydrogens is 324 g/mol. The minimum atomic E-state index is -0.217. The Labute approximate surface area is 154 Å². The molecule has 5 heteroatoms. The number of rotatable bonds is 5. The average molecular weight is 348 g/mol. The second-order valence-corrected chi connectivity index (χ2v) is 6.58. The van der Waals surface area contributed by atoms with Crippen LogP contribution in [0.2, 0.25) is 0 Å². The molecule has 0 saturated heterocycles. The van der Waals surface area contributed by atoms with Gasteiger partial charge in [-0.2, -0.15) is 5.26 Å². The van der Waals surface area contributed by atoms with Gasteiger partial charge >= 0.3 is 6.03 Å². The largest absolute Gasteiger partial charge is 0.336 e. The number of nitrogens with zero attached hydrogens (tertiary/aromatic N) is 2. The summed E-state index contributed by atoms with van der Waals surface area (Å²) in [6.07, 6.45) is 2.05. The Balaban J connectivity index is 1.52. The summed E-state index contributed by atoms with van der Waals surface area (Å²) in [5, 5.41) is 14.6. The lowest BCUT2D eigenvalue weighted by molar-refractivity contribution is 0.170. The van der Waals surface area contributed by atoms with E-state index in [0.717, 1.165) is 25.9 Å². The van der Waals surface area contributed by atoms with Gasteiger partial charge in [0.05, 0.1) is 11.6 Å². The highest BCUT2D eigenvalue weighted by atomic mass is 16.2. The van der Waals surface area contributed by atoms with Crippen LogP contribution in [0.4, 0.5) is 10.5 Å². The van der Waals surface area contributed by atoms with Crippen LogP contribution < -0.4 is 10.6 Å². The van der Waals surface area contributed by atoms with Gasteiger partial charge in [-0.25, -0.2) is 4.79 Å². The first-order valence-electron chi connectivity index (χ1n) is 9.05. The van der Waals surface area contributed by atoms with Crippen molar-refractivity contribution in [2.75, 3.05) is 18.4 Å². The fourth-order valence-corrected chi connectivity index (χ4v) is 3.37. The third kappa shape index (κ3) is 4.41. The molecule has 1 aliphatic heterocycles. The average Bonchev–Trinajstić information content (AvgIpc) is 2.69. The predicted octanol–water partition coefficient (Wildman–Crippen LogP) is 3.52. The van der Waals surface area contributed by atoms with Crippen LogP contribution in [0.1, 0.15) is 30.0 Å². The van der Waals surface area contributed by atoms with Crippen LogP contribution in [-0.4, -0.2) is 30.1 Å². The lowest BCUT2D eigenvalue weighted by Crippen LogP contribution is -2.46. The Morgan fingerprint density at radius 2 is 1.92 bits per heavy atom. The number of carbonyl (C=O) groups excluding carboxylic acids is 1.